The van der Waals surface area contributed by atoms with Crippen molar-refractivity contribution < 1.29 is 4.79 Å². The SMILES string of the molecule is Cc1cc(CNC(=O)CC(C)C)c(C)n1C. The lowest BCUT2D eigenvalue weighted by molar-refractivity contribution is -0.121. The first-order valence-electron chi connectivity index (χ1n) is 5.80. The standard InChI is InChI=1S/C13H22N2O/c1-9(2)6-13(16)14-8-12-7-10(3)15(5)11(12)4/h7,9H,6,8H2,1-5H3,(H,14,16). The molecule has 1 aromatic heterocycles. The summed E-state index contributed by atoms with van der Waals surface area (Å²) >= 11 is 0. The molecule has 1 N–H and O–H groups in total. The van der Waals surface area contributed by atoms with Crippen LogP contribution in [0.15, 0.2) is 6.07 Å². The molecule has 0 atom stereocenters. The molecule has 0 bridgehead atoms. The lowest BCUT2D eigenvalue weighted by Crippen LogP contribution is -2.24. The van der Waals surface area contributed by atoms with Crippen molar-refractivity contribution in [3.05, 3.63) is 23.0 Å². The molecule has 0 aliphatic rings. The van der Waals surface area contributed by atoms with E-state index in [0.717, 1.165) is 0 Å². The van der Waals surface area contributed by atoms with Crippen LogP contribution in [0, 0.1) is 19.8 Å². The molecule has 0 aromatic carbocycles. The summed E-state index contributed by atoms with van der Waals surface area (Å²) in [5.74, 6) is 0.550. The molecule has 0 spiro atoms. The number of hydrogen-bond acceptors (Lipinski definition) is 1. The zero-order chi connectivity index (χ0) is 12.3. The van der Waals surface area contributed by atoms with Gasteiger partial charge in [-0.05, 0) is 31.4 Å². The minimum absolute atomic E-state index is 0.135. The molecule has 0 unspecified atom stereocenters. The van der Waals surface area contributed by atoms with Crippen LogP contribution in [0.2, 0.25) is 0 Å². The second-order valence-corrected chi connectivity index (χ2v) is 4.83. The zero-order valence-corrected chi connectivity index (χ0v) is 10.9. The number of rotatable bonds is 4. The molecule has 3 nitrogen and oxygen atoms in total. The van der Waals surface area contributed by atoms with Crippen LogP contribution in [0.3, 0.4) is 0 Å². The molecule has 0 saturated heterocycles. The van der Waals surface area contributed by atoms with Gasteiger partial charge in [-0.25, -0.2) is 0 Å². The minimum Gasteiger partial charge on any atom is -0.352 e. The average molecular weight is 222 g/mol. The van der Waals surface area contributed by atoms with Gasteiger partial charge in [0.25, 0.3) is 0 Å². The van der Waals surface area contributed by atoms with Gasteiger partial charge in [0.15, 0.2) is 0 Å². The zero-order valence-electron chi connectivity index (χ0n) is 10.9. The van der Waals surface area contributed by atoms with Crippen LogP contribution >= 0.6 is 0 Å². The highest BCUT2D eigenvalue weighted by atomic mass is 16.1. The quantitative estimate of drug-likeness (QED) is 0.833. The summed E-state index contributed by atoms with van der Waals surface area (Å²) in [5, 5.41) is 2.96. The summed E-state index contributed by atoms with van der Waals surface area (Å²) in [6.07, 6.45) is 0.602. The van der Waals surface area contributed by atoms with Crippen molar-refractivity contribution in [2.24, 2.45) is 13.0 Å². The summed E-state index contributed by atoms with van der Waals surface area (Å²) in [4.78, 5) is 11.5. The second kappa shape index (κ2) is 5.19. The number of aryl methyl sites for hydroxylation is 1. The van der Waals surface area contributed by atoms with Crippen LogP contribution in [0.4, 0.5) is 0 Å². The fourth-order valence-electron chi connectivity index (χ4n) is 1.75. The van der Waals surface area contributed by atoms with Gasteiger partial charge in [-0.15, -0.1) is 0 Å². The Kier molecular flexibility index (Phi) is 4.16. The smallest absolute Gasteiger partial charge is 0.220 e. The van der Waals surface area contributed by atoms with Crippen molar-refractivity contribution in [2.45, 2.75) is 40.7 Å². The Balaban J connectivity index is 2.55. The maximum Gasteiger partial charge on any atom is 0.220 e. The van der Waals surface area contributed by atoms with Crippen LogP contribution in [0.1, 0.15) is 37.2 Å². The highest BCUT2D eigenvalue weighted by molar-refractivity contribution is 5.76. The molecule has 3 heteroatoms. The van der Waals surface area contributed by atoms with Crippen LogP contribution in [-0.2, 0) is 18.4 Å². The normalized spacial score (nSPS) is 10.9. The van der Waals surface area contributed by atoms with Gasteiger partial charge in [0, 0.05) is 31.4 Å². The third-order valence-corrected chi connectivity index (χ3v) is 2.95. The van der Waals surface area contributed by atoms with E-state index >= 15 is 0 Å². The molecule has 0 saturated carbocycles. The van der Waals surface area contributed by atoms with Crippen LogP contribution < -0.4 is 5.32 Å². The molecule has 1 aromatic rings. The molecule has 90 valence electrons. The fraction of sp³-hybridized carbons (Fsp3) is 0.615. The second-order valence-electron chi connectivity index (χ2n) is 4.83. The molecule has 1 heterocycles. The van der Waals surface area contributed by atoms with E-state index in [1.54, 1.807) is 0 Å². The molecule has 1 rings (SSSR count). The Morgan fingerprint density at radius 3 is 2.50 bits per heavy atom. The topological polar surface area (TPSA) is 34.0 Å². The number of carbonyl (C=O) groups excluding carboxylic acids is 1. The monoisotopic (exact) mass is 222 g/mol. The molecular formula is C13H22N2O. The van der Waals surface area contributed by atoms with E-state index in [2.05, 4.69) is 43.6 Å². The fourth-order valence-corrected chi connectivity index (χ4v) is 1.75. The number of hydrogen-bond donors (Lipinski definition) is 1. The lowest BCUT2D eigenvalue weighted by atomic mass is 10.1. The summed E-state index contributed by atoms with van der Waals surface area (Å²) in [5.41, 5.74) is 3.66. The Labute approximate surface area is 97.8 Å². The first-order chi connectivity index (χ1) is 7.41. The first kappa shape index (κ1) is 12.8. The highest BCUT2D eigenvalue weighted by Crippen LogP contribution is 2.12. The summed E-state index contributed by atoms with van der Waals surface area (Å²) in [6.45, 7) is 8.90. The Morgan fingerprint density at radius 1 is 1.44 bits per heavy atom. The van der Waals surface area contributed by atoms with Gasteiger partial charge < -0.3 is 9.88 Å². The third kappa shape index (κ3) is 3.12. The molecule has 0 fully saturated rings. The minimum atomic E-state index is 0.135. The summed E-state index contributed by atoms with van der Waals surface area (Å²) in [7, 11) is 2.05. The summed E-state index contributed by atoms with van der Waals surface area (Å²) < 4.78 is 2.14. The van der Waals surface area contributed by atoms with Crippen molar-refractivity contribution in [3.63, 3.8) is 0 Å². The van der Waals surface area contributed by atoms with Crippen molar-refractivity contribution >= 4 is 5.91 Å². The number of nitrogens with zero attached hydrogens (tertiary/aromatic N) is 1. The van der Waals surface area contributed by atoms with Gasteiger partial charge in [0.2, 0.25) is 5.91 Å². The molecule has 0 aliphatic heterocycles. The Bertz CT molecular complexity index is 378. The molecule has 0 aliphatic carbocycles. The Hall–Kier alpha value is -1.25. The number of amides is 1. The average Bonchev–Trinajstić information content (AvgIpc) is 2.42. The predicted molar refractivity (Wildman–Crippen MR) is 66.2 cm³/mol. The van der Waals surface area contributed by atoms with Crippen molar-refractivity contribution in [2.75, 3.05) is 0 Å². The predicted octanol–water partition coefficient (Wildman–Crippen LogP) is 2.30. The van der Waals surface area contributed by atoms with Gasteiger partial charge in [0.05, 0.1) is 0 Å². The molecule has 16 heavy (non-hydrogen) atoms. The highest BCUT2D eigenvalue weighted by Gasteiger charge is 2.08. The van der Waals surface area contributed by atoms with Gasteiger partial charge in [0.1, 0.15) is 0 Å². The van der Waals surface area contributed by atoms with Crippen molar-refractivity contribution in [1.29, 1.82) is 0 Å². The lowest BCUT2D eigenvalue weighted by Gasteiger charge is -2.07. The van der Waals surface area contributed by atoms with Gasteiger partial charge >= 0.3 is 0 Å². The van der Waals surface area contributed by atoms with E-state index in [-0.39, 0.29) is 5.91 Å². The van der Waals surface area contributed by atoms with Gasteiger partial charge in [-0.1, -0.05) is 13.8 Å². The summed E-state index contributed by atoms with van der Waals surface area (Å²) in [6, 6.07) is 2.13. The molecule has 1 amide bonds. The van der Waals surface area contributed by atoms with Crippen LogP contribution in [0.5, 0.6) is 0 Å². The Morgan fingerprint density at radius 2 is 2.06 bits per heavy atom. The van der Waals surface area contributed by atoms with E-state index in [1.807, 2.05) is 7.05 Å². The van der Waals surface area contributed by atoms with Crippen LogP contribution in [-0.4, -0.2) is 10.5 Å². The maximum absolute atomic E-state index is 11.5. The molecule has 0 radical (unpaired) electrons. The van der Waals surface area contributed by atoms with E-state index in [1.165, 1.54) is 17.0 Å². The first-order valence-corrected chi connectivity index (χ1v) is 5.80. The van der Waals surface area contributed by atoms with Gasteiger partial charge in [-0.2, -0.15) is 0 Å². The van der Waals surface area contributed by atoms with Crippen molar-refractivity contribution in [1.82, 2.24) is 9.88 Å². The molecular weight excluding hydrogens is 200 g/mol. The third-order valence-electron chi connectivity index (χ3n) is 2.95. The van der Waals surface area contributed by atoms with Gasteiger partial charge in [-0.3, -0.25) is 4.79 Å². The number of aromatic nitrogens is 1. The number of nitrogens with one attached hydrogen (secondary N) is 1. The van der Waals surface area contributed by atoms with E-state index < -0.39 is 0 Å². The van der Waals surface area contributed by atoms with E-state index in [0.29, 0.717) is 18.9 Å². The van der Waals surface area contributed by atoms with E-state index in [9.17, 15) is 4.79 Å². The maximum atomic E-state index is 11.5. The van der Waals surface area contributed by atoms with E-state index in [4.69, 9.17) is 0 Å². The van der Waals surface area contributed by atoms with Crippen molar-refractivity contribution in [3.8, 4) is 0 Å². The largest absolute Gasteiger partial charge is 0.352 e. The number of carbonyl (C=O) groups is 1. The van der Waals surface area contributed by atoms with Crippen LogP contribution in [0.25, 0.3) is 0 Å².